The van der Waals surface area contributed by atoms with Crippen LogP contribution in [0.3, 0.4) is 0 Å². The van der Waals surface area contributed by atoms with Gasteiger partial charge in [-0.3, -0.25) is 9.59 Å². The van der Waals surface area contributed by atoms with E-state index in [0.717, 1.165) is 5.56 Å². The molecule has 1 N–H and O–H groups in total. The third-order valence-corrected chi connectivity index (χ3v) is 2.81. The molecule has 1 rings (SSSR count). The first kappa shape index (κ1) is 14.7. The maximum absolute atomic E-state index is 11.6. The second-order valence-electron chi connectivity index (χ2n) is 5.25. The summed E-state index contributed by atoms with van der Waals surface area (Å²) in [5.41, 5.74) is 0.452. The molecular formula is C14H18ClNO2. The Morgan fingerprint density at radius 2 is 1.72 bits per heavy atom. The molecule has 18 heavy (non-hydrogen) atoms. The third-order valence-electron chi connectivity index (χ3n) is 2.56. The zero-order valence-electron chi connectivity index (χ0n) is 10.9. The van der Waals surface area contributed by atoms with E-state index in [1.165, 1.54) is 0 Å². The summed E-state index contributed by atoms with van der Waals surface area (Å²) in [6.45, 7) is 5.58. The van der Waals surface area contributed by atoms with E-state index in [9.17, 15) is 9.59 Å². The molecule has 0 aliphatic heterocycles. The van der Waals surface area contributed by atoms with Crippen LogP contribution in [-0.4, -0.2) is 18.2 Å². The lowest BCUT2D eigenvalue weighted by Crippen LogP contribution is -2.36. The Balaban J connectivity index is 2.43. The van der Waals surface area contributed by atoms with Crippen LogP contribution in [0.25, 0.3) is 0 Å². The molecule has 0 radical (unpaired) electrons. The lowest BCUT2D eigenvalue weighted by Gasteiger charge is -2.16. The van der Waals surface area contributed by atoms with E-state index in [1.54, 1.807) is 24.3 Å². The lowest BCUT2D eigenvalue weighted by molar-refractivity contribution is -0.128. The van der Waals surface area contributed by atoms with Crippen molar-refractivity contribution < 1.29 is 9.59 Å². The molecule has 1 aromatic rings. The second-order valence-corrected chi connectivity index (χ2v) is 5.69. The fourth-order valence-corrected chi connectivity index (χ4v) is 1.42. The van der Waals surface area contributed by atoms with Gasteiger partial charge in [0.2, 0.25) is 5.91 Å². The van der Waals surface area contributed by atoms with E-state index in [-0.39, 0.29) is 24.7 Å². The number of halogens is 1. The van der Waals surface area contributed by atoms with E-state index >= 15 is 0 Å². The number of carbonyl (C=O) groups excluding carboxylic acids is 2. The van der Waals surface area contributed by atoms with Crippen LogP contribution in [0, 0.1) is 5.41 Å². The Bertz CT molecular complexity index is 432. The van der Waals surface area contributed by atoms with Crippen molar-refractivity contribution in [2.24, 2.45) is 5.41 Å². The number of nitrogens with one attached hydrogen (secondary N) is 1. The van der Waals surface area contributed by atoms with Gasteiger partial charge in [0.15, 0.2) is 5.78 Å². The molecular weight excluding hydrogens is 250 g/mol. The highest BCUT2D eigenvalue weighted by molar-refractivity contribution is 6.30. The fourth-order valence-electron chi connectivity index (χ4n) is 1.29. The van der Waals surface area contributed by atoms with Crippen molar-refractivity contribution in [2.45, 2.75) is 27.2 Å². The Kier molecular flexibility index (Phi) is 4.91. The van der Waals surface area contributed by atoms with Gasteiger partial charge in [-0.25, -0.2) is 0 Å². The Hall–Kier alpha value is -1.35. The number of hydrogen-bond acceptors (Lipinski definition) is 2. The zero-order valence-corrected chi connectivity index (χ0v) is 11.7. The Labute approximate surface area is 113 Å². The van der Waals surface area contributed by atoms with Gasteiger partial charge in [0, 0.05) is 10.4 Å². The average molecular weight is 268 g/mol. The monoisotopic (exact) mass is 267 g/mol. The zero-order chi connectivity index (χ0) is 13.8. The molecule has 3 nitrogen and oxygen atoms in total. The topological polar surface area (TPSA) is 46.2 Å². The summed E-state index contributed by atoms with van der Waals surface area (Å²) in [5.74, 6) is -0.137. The van der Waals surface area contributed by atoms with Crippen LogP contribution in [0.4, 0.5) is 0 Å². The highest BCUT2D eigenvalue weighted by Crippen LogP contribution is 2.13. The first-order valence-corrected chi connectivity index (χ1v) is 6.21. The number of ketones is 1. The molecule has 1 aromatic carbocycles. The molecule has 0 fully saturated rings. The summed E-state index contributed by atoms with van der Waals surface area (Å²) in [6, 6.07) is 7.08. The molecule has 4 heteroatoms. The fraction of sp³-hybridized carbons (Fsp3) is 0.429. The van der Waals surface area contributed by atoms with Gasteiger partial charge in [-0.15, -0.1) is 0 Å². The lowest BCUT2D eigenvalue weighted by atomic mass is 9.91. The molecule has 0 unspecified atom stereocenters. The first-order valence-electron chi connectivity index (χ1n) is 5.83. The molecule has 0 atom stereocenters. The van der Waals surface area contributed by atoms with Gasteiger partial charge in [-0.1, -0.05) is 44.5 Å². The summed E-state index contributed by atoms with van der Waals surface area (Å²) in [5, 5.41) is 3.27. The summed E-state index contributed by atoms with van der Waals surface area (Å²) < 4.78 is 0. The number of hydrogen-bond donors (Lipinski definition) is 1. The molecule has 98 valence electrons. The smallest absolute Gasteiger partial charge is 0.224 e. The minimum atomic E-state index is -0.423. The van der Waals surface area contributed by atoms with E-state index in [4.69, 9.17) is 11.6 Å². The van der Waals surface area contributed by atoms with Crippen molar-refractivity contribution in [3.63, 3.8) is 0 Å². The third kappa shape index (κ3) is 4.88. The molecule has 0 bridgehead atoms. The quantitative estimate of drug-likeness (QED) is 0.912. The van der Waals surface area contributed by atoms with Crippen molar-refractivity contribution in [1.82, 2.24) is 5.32 Å². The van der Waals surface area contributed by atoms with Crippen LogP contribution >= 0.6 is 11.6 Å². The summed E-state index contributed by atoms with van der Waals surface area (Å²) in [4.78, 5) is 23.3. The molecule has 1 amide bonds. The number of benzene rings is 1. The summed E-state index contributed by atoms with van der Waals surface area (Å²) >= 11 is 5.76. The van der Waals surface area contributed by atoms with Crippen LogP contribution < -0.4 is 5.32 Å². The SMILES string of the molecule is CC(C)(C)C(=O)CNC(=O)Cc1ccc(Cl)cc1. The molecule has 0 heterocycles. The van der Waals surface area contributed by atoms with E-state index < -0.39 is 5.41 Å². The second kappa shape index (κ2) is 6.01. The van der Waals surface area contributed by atoms with Gasteiger partial charge in [-0.05, 0) is 17.7 Å². The predicted octanol–water partition coefficient (Wildman–Crippen LogP) is 2.61. The Morgan fingerprint density at radius 1 is 1.17 bits per heavy atom. The van der Waals surface area contributed by atoms with Crippen LogP contribution in [0.5, 0.6) is 0 Å². The average Bonchev–Trinajstić information content (AvgIpc) is 2.28. The van der Waals surface area contributed by atoms with Crippen LogP contribution in [-0.2, 0) is 16.0 Å². The van der Waals surface area contributed by atoms with Gasteiger partial charge in [-0.2, -0.15) is 0 Å². The van der Waals surface area contributed by atoms with Gasteiger partial charge in [0.1, 0.15) is 0 Å². The van der Waals surface area contributed by atoms with Crippen LogP contribution in [0.2, 0.25) is 5.02 Å². The van der Waals surface area contributed by atoms with Gasteiger partial charge < -0.3 is 5.32 Å². The van der Waals surface area contributed by atoms with Crippen LogP contribution in [0.1, 0.15) is 26.3 Å². The highest BCUT2D eigenvalue weighted by Gasteiger charge is 2.21. The van der Waals surface area contributed by atoms with Gasteiger partial charge in [0.25, 0.3) is 0 Å². The maximum atomic E-state index is 11.6. The molecule has 0 aliphatic carbocycles. The molecule has 0 spiro atoms. The van der Waals surface area contributed by atoms with E-state index in [0.29, 0.717) is 5.02 Å². The Morgan fingerprint density at radius 3 is 2.22 bits per heavy atom. The number of Topliss-reactive ketones (excluding diaryl/α,β-unsaturated/α-hetero) is 1. The molecule has 0 saturated carbocycles. The van der Waals surface area contributed by atoms with E-state index in [2.05, 4.69) is 5.32 Å². The summed E-state index contributed by atoms with van der Waals surface area (Å²) in [6.07, 6.45) is 0.259. The number of rotatable bonds is 4. The first-order chi connectivity index (χ1) is 8.29. The molecule has 0 aromatic heterocycles. The van der Waals surface area contributed by atoms with Gasteiger partial charge >= 0.3 is 0 Å². The molecule has 0 saturated heterocycles. The van der Waals surface area contributed by atoms with E-state index in [1.807, 2.05) is 20.8 Å². The minimum absolute atomic E-state index is 0.0203. The van der Waals surface area contributed by atoms with Crippen LogP contribution in [0.15, 0.2) is 24.3 Å². The van der Waals surface area contributed by atoms with Crippen molar-refractivity contribution >= 4 is 23.3 Å². The molecule has 0 aliphatic rings. The summed E-state index contributed by atoms with van der Waals surface area (Å²) in [7, 11) is 0. The highest BCUT2D eigenvalue weighted by atomic mass is 35.5. The van der Waals surface area contributed by atoms with Crippen molar-refractivity contribution in [1.29, 1.82) is 0 Å². The van der Waals surface area contributed by atoms with Crippen molar-refractivity contribution in [3.8, 4) is 0 Å². The normalized spacial score (nSPS) is 11.1. The van der Waals surface area contributed by atoms with Crippen molar-refractivity contribution in [3.05, 3.63) is 34.9 Å². The number of amides is 1. The standard InChI is InChI=1S/C14H18ClNO2/c1-14(2,3)12(17)9-16-13(18)8-10-4-6-11(15)7-5-10/h4-7H,8-9H2,1-3H3,(H,16,18). The largest absolute Gasteiger partial charge is 0.349 e. The minimum Gasteiger partial charge on any atom is -0.349 e. The predicted molar refractivity (Wildman–Crippen MR) is 72.6 cm³/mol. The number of carbonyl (C=O) groups is 2. The maximum Gasteiger partial charge on any atom is 0.224 e. The van der Waals surface area contributed by atoms with Crippen molar-refractivity contribution in [2.75, 3.05) is 6.54 Å². The van der Waals surface area contributed by atoms with Gasteiger partial charge in [0.05, 0.1) is 13.0 Å².